The number of hydrogen-bond donors (Lipinski definition) is 3. The lowest BCUT2D eigenvalue weighted by Gasteiger charge is -2.16. The van der Waals surface area contributed by atoms with E-state index in [4.69, 9.17) is 5.11 Å². The number of rotatable bonds is 6. The Morgan fingerprint density at radius 2 is 2.28 bits per heavy atom. The van der Waals surface area contributed by atoms with Gasteiger partial charge in [0.15, 0.2) is 10.8 Å². The number of aryl methyl sites for hydroxylation is 1. The lowest BCUT2D eigenvalue weighted by atomic mass is 10.1. The fraction of sp³-hybridized carbons (Fsp3) is 0.545. The molecule has 7 heteroatoms. The molecule has 0 amide bonds. The van der Waals surface area contributed by atoms with Crippen LogP contribution in [0.25, 0.3) is 0 Å². The van der Waals surface area contributed by atoms with E-state index in [1.54, 1.807) is 0 Å². The van der Waals surface area contributed by atoms with Gasteiger partial charge >= 0.3 is 5.97 Å². The van der Waals surface area contributed by atoms with E-state index >= 15 is 0 Å². The zero-order valence-electron chi connectivity index (χ0n) is 10.3. The number of H-pyrrole nitrogens is 1. The van der Waals surface area contributed by atoms with Crippen molar-refractivity contribution in [3.05, 3.63) is 22.1 Å². The summed E-state index contributed by atoms with van der Waals surface area (Å²) < 4.78 is 0. The Bertz CT molecular complexity index is 484. The minimum atomic E-state index is -1.84. The molecule has 0 saturated heterocycles. The molecule has 1 rings (SSSR count). The first kappa shape index (κ1) is 14.7. The highest BCUT2D eigenvalue weighted by Gasteiger charge is 2.30. The number of nitrogens with zero attached hydrogens (tertiary/aromatic N) is 1. The molecule has 100 valence electrons. The van der Waals surface area contributed by atoms with E-state index < -0.39 is 11.6 Å². The molecule has 6 nitrogen and oxygen atoms in total. The molecule has 0 aliphatic rings. The van der Waals surface area contributed by atoms with Gasteiger partial charge in [-0.1, -0.05) is 25.1 Å². The van der Waals surface area contributed by atoms with E-state index in [1.165, 1.54) is 13.0 Å². The van der Waals surface area contributed by atoms with Gasteiger partial charge in [-0.3, -0.25) is 4.79 Å². The Morgan fingerprint density at radius 1 is 1.61 bits per heavy atom. The van der Waals surface area contributed by atoms with Crippen LogP contribution in [-0.4, -0.2) is 37.5 Å². The number of aromatic amines is 1. The maximum atomic E-state index is 11.4. The summed E-state index contributed by atoms with van der Waals surface area (Å²) in [4.78, 5) is 28.8. The fourth-order valence-corrected chi connectivity index (χ4v) is 2.10. The number of aromatic nitrogens is 2. The van der Waals surface area contributed by atoms with Crippen LogP contribution >= 0.6 is 11.8 Å². The Balaban J connectivity index is 2.79. The van der Waals surface area contributed by atoms with Crippen LogP contribution in [0.1, 0.15) is 26.0 Å². The van der Waals surface area contributed by atoms with E-state index in [2.05, 4.69) is 9.97 Å². The van der Waals surface area contributed by atoms with E-state index in [0.717, 1.165) is 18.2 Å². The first-order chi connectivity index (χ1) is 8.35. The minimum Gasteiger partial charge on any atom is -0.479 e. The van der Waals surface area contributed by atoms with E-state index in [-0.39, 0.29) is 11.3 Å². The van der Waals surface area contributed by atoms with E-state index in [0.29, 0.717) is 17.3 Å². The average Bonchev–Trinajstić information content (AvgIpc) is 2.26. The number of carboxylic acids is 1. The Labute approximate surface area is 108 Å². The maximum absolute atomic E-state index is 11.4. The summed E-state index contributed by atoms with van der Waals surface area (Å²) in [6, 6.07) is 1.42. The van der Waals surface area contributed by atoms with Gasteiger partial charge in [0.2, 0.25) is 0 Å². The number of carbonyl (C=O) groups is 1. The van der Waals surface area contributed by atoms with Crippen LogP contribution in [0.3, 0.4) is 0 Å². The Morgan fingerprint density at radius 3 is 2.83 bits per heavy atom. The van der Waals surface area contributed by atoms with Crippen LogP contribution in [0.4, 0.5) is 0 Å². The third kappa shape index (κ3) is 4.15. The predicted molar refractivity (Wildman–Crippen MR) is 67.8 cm³/mol. The molecule has 0 fully saturated rings. The SMILES string of the molecule is CCCc1cc(=O)[nH]c(SCC(C)(O)C(=O)O)n1. The van der Waals surface area contributed by atoms with Crippen molar-refractivity contribution in [2.45, 2.75) is 37.4 Å². The summed E-state index contributed by atoms with van der Waals surface area (Å²) in [5.74, 6) is -1.39. The Kier molecular flexibility index (Phi) is 4.92. The van der Waals surface area contributed by atoms with Crippen molar-refractivity contribution in [1.82, 2.24) is 9.97 Å². The van der Waals surface area contributed by atoms with Gasteiger partial charge in [-0.2, -0.15) is 0 Å². The number of thioether (sulfide) groups is 1. The van der Waals surface area contributed by atoms with Gasteiger partial charge in [-0.05, 0) is 13.3 Å². The summed E-state index contributed by atoms with van der Waals surface area (Å²) in [5.41, 5.74) is -1.45. The maximum Gasteiger partial charge on any atom is 0.336 e. The van der Waals surface area contributed by atoms with Gasteiger partial charge in [-0.15, -0.1) is 0 Å². The fourth-order valence-electron chi connectivity index (χ4n) is 1.21. The van der Waals surface area contributed by atoms with Gasteiger partial charge in [0, 0.05) is 17.5 Å². The highest BCUT2D eigenvalue weighted by atomic mass is 32.2. The van der Waals surface area contributed by atoms with Crippen molar-refractivity contribution in [2.75, 3.05) is 5.75 Å². The summed E-state index contributed by atoms with van der Waals surface area (Å²) in [5, 5.41) is 18.6. The molecule has 18 heavy (non-hydrogen) atoms. The molecular formula is C11H16N2O4S. The van der Waals surface area contributed by atoms with Crippen molar-refractivity contribution in [3.63, 3.8) is 0 Å². The second-order valence-electron chi connectivity index (χ2n) is 4.16. The predicted octanol–water partition coefficient (Wildman–Crippen LogP) is 0.650. The number of carboxylic acid groups (broad SMARTS) is 1. The molecule has 1 aromatic heterocycles. The number of hydrogen-bond acceptors (Lipinski definition) is 5. The molecule has 0 bridgehead atoms. The molecular weight excluding hydrogens is 256 g/mol. The van der Waals surface area contributed by atoms with Crippen LogP contribution in [-0.2, 0) is 11.2 Å². The third-order valence-electron chi connectivity index (χ3n) is 2.23. The lowest BCUT2D eigenvalue weighted by molar-refractivity contribution is -0.154. The molecule has 1 atom stereocenters. The topological polar surface area (TPSA) is 103 Å². The van der Waals surface area contributed by atoms with Crippen LogP contribution in [0.15, 0.2) is 16.0 Å². The molecule has 1 unspecified atom stereocenters. The highest BCUT2D eigenvalue weighted by molar-refractivity contribution is 7.99. The number of aliphatic carboxylic acids is 1. The van der Waals surface area contributed by atoms with E-state index in [9.17, 15) is 14.7 Å². The van der Waals surface area contributed by atoms with Gasteiger partial charge < -0.3 is 15.2 Å². The first-order valence-corrected chi connectivity index (χ1v) is 6.52. The van der Waals surface area contributed by atoms with E-state index in [1.807, 2.05) is 6.92 Å². The summed E-state index contributed by atoms with van der Waals surface area (Å²) >= 11 is 1.01. The van der Waals surface area contributed by atoms with Crippen LogP contribution in [0, 0.1) is 0 Å². The van der Waals surface area contributed by atoms with Crippen molar-refractivity contribution >= 4 is 17.7 Å². The summed E-state index contributed by atoms with van der Waals surface area (Å²) in [6.07, 6.45) is 1.56. The molecule has 0 aliphatic heterocycles. The lowest BCUT2D eigenvalue weighted by Crippen LogP contribution is -2.37. The van der Waals surface area contributed by atoms with Crippen LogP contribution < -0.4 is 5.56 Å². The minimum absolute atomic E-state index is 0.0825. The zero-order valence-corrected chi connectivity index (χ0v) is 11.1. The zero-order chi connectivity index (χ0) is 13.8. The van der Waals surface area contributed by atoms with Crippen molar-refractivity contribution in [1.29, 1.82) is 0 Å². The standard InChI is InChI=1S/C11H16N2O4S/c1-3-4-7-5-8(14)13-10(12-7)18-6-11(2,17)9(15)16/h5,17H,3-4,6H2,1-2H3,(H,15,16)(H,12,13,14). The van der Waals surface area contributed by atoms with Gasteiger partial charge in [0.25, 0.3) is 5.56 Å². The average molecular weight is 272 g/mol. The third-order valence-corrected chi connectivity index (χ3v) is 3.40. The van der Waals surface area contributed by atoms with Gasteiger partial charge in [-0.25, -0.2) is 9.78 Å². The molecule has 0 spiro atoms. The summed E-state index contributed by atoms with van der Waals surface area (Å²) in [6.45, 7) is 3.18. The molecule has 0 aromatic carbocycles. The second-order valence-corrected chi connectivity index (χ2v) is 5.12. The summed E-state index contributed by atoms with van der Waals surface area (Å²) in [7, 11) is 0. The van der Waals surface area contributed by atoms with Crippen molar-refractivity contribution in [3.8, 4) is 0 Å². The molecule has 3 N–H and O–H groups in total. The van der Waals surface area contributed by atoms with Crippen LogP contribution in [0.5, 0.6) is 0 Å². The Hall–Kier alpha value is -1.34. The largest absolute Gasteiger partial charge is 0.479 e. The molecule has 0 saturated carbocycles. The van der Waals surface area contributed by atoms with Crippen LogP contribution in [0.2, 0.25) is 0 Å². The van der Waals surface area contributed by atoms with Crippen molar-refractivity contribution < 1.29 is 15.0 Å². The normalized spacial score (nSPS) is 14.2. The molecule has 1 heterocycles. The van der Waals surface area contributed by atoms with Gasteiger partial charge in [0.1, 0.15) is 0 Å². The van der Waals surface area contributed by atoms with Gasteiger partial charge in [0.05, 0.1) is 0 Å². The second kappa shape index (κ2) is 6.01. The smallest absolute Gasteiger partial charge is 0.336 e. The highest BCUT2D eigenvalue weighted by Crippen LogP contribution is 2.19. The van der Waals surface area contributed by atoms with Crippen molar-refractivity contribution in [2.24, 2.45) is 0 Å². The monoisotopic (exact) mass is 272 g/mol. The number of aliphatic hydroxyl groups is 1. The number of nitrogens with one attached hydrogen (secondary N) is 1. The molecule has 0 aliphatic carbocycles. The molecule has 1 aromatic rings. The molecule has 0 radical (unpaired) electrons. The quantitative estimate of drug-likeness (QED) is 0.519. The first-order valence-electron chi connectivity index (χ1n) is 5.54.